The molecule has 0 fully saturated rings. The Morgan fingerprint density at radius 1 is 0.500 bits per heavy atom. The number of rotatable bonds is 12. The fourth-order valence-corrected chi connectivity index (χ4v) is 8.12. The molecule has 0 aliphatic carbocycles. The van der Waals surface area contributed by atoms with Gasteiger partial charge in [0.05, 0.1) is 33.0 Å². The number of hydrogen-bond donors (Lipinski definition) is 1. The summed E-state index contributed by atoms with van der Waals surface area (Å²) >= 11 is 7.38. The van der Waals surface area contributed by atoms with Crippen LogP contribution >= 0.6 is 45.3 Å². The monoisotopic (exact) mass is 681 g/mol. The molecule has 5 nitrogen and oxygen atoms in total. The van der Waals surface area contributed by atoms with E-state index in [1.54, 1.807) is 21.3 Å². The van der Waals surface area contributed by atoms with Crippen LogP contribution in [-0.4, -0.2) is 48.2 Å². The Kier molecular flexibility index (Phi) is 21.2. The normalized spacial score (nSPS) is 10.5. The van der Waals surface area contributed by atoms with Crippen LogP contribution in [0.25, 0.3) is 0 Å². The number of methoxy groups -OCH3 is 3. The van der Waals surface area contributed by atoms with E-state index in [-0.39, 0.29) is 0 Å². The summed E-state index contributed by atoms with van der Waals surface area (Å²) in [7, 11) is 7.14. The third-order valence-electron chi connectivity index (χ3n) is 6.51. The lowest BCUT2D eigenvalue weighted by molar-refractivity contribution is 0.0616. The van der Waals surface area contributed by atoms with Crippen molar-refractivity contribution in [1.29, 1.82) is 0 Å². The summed E-state index contributed by atoms with van der Waals surface area (Å²) in [6.07, 6.45) is 1.05. The Balaban J connectivity index is 0.000000295. The summed E-state index contributed by atoms with van der Waals surface area (Å²) in [6.45, 7) is 21.8. The molecule has 0 radical (unpaired) electrons. The van der Waals surface area contributed by atoms with Crippen LogP contribution in [0.2, 0.25) is 0 Å². The fraction of sp³-hybridized carbons (Fsp3) is 0.543. The van der Waals surface area contributed by atoms with Crippen molar-refractivity contribution in [3.05, 3.63) is 85.5 Å². The maximum Gasteiger partial charge on any atom is 0.0728 e. The number of nitrogens with one attached hydrogen (secondary N) is 1. The molecule has 4 aromatic rings. The van der Waals surface area contributed by atoms with Gasteiger partial charge in [0.1, 0.15) is 0 Å². The summed E-state index contributed by atoms with van der Waals surface area (Å²) in [4.78, 5) is 11.1. The van der Waals surface area contributed by atoms with Crippen molar-refractivity contribution in [2.75, 3.05) is 48.2 Å². The molecule has 4 aromatic heterocycles. The van der Waals surface area contributed by atoms with Gasteiger partial charge < -0.3 is 24.3 Å². The van der Waals surface area contributed by atoms with Crippen molar-refractivity contribution in [2.45, 2.75) is 81.6 Å². The molecule has 4 heterocycles. The predicted molar refractivity (Wildman–Crippen MR) is 196 cm³/mol. The Hall–Kier alpha value is -1.40. The fourth-order valence-electron chi connectivity index (χ4n) is 4.33. The quantitative estimate of drug-likeness (QED) is 0.151. The van der Waals surface area contributed by atoms with Crippen LogP contribution in [0.15, 0.2) is 24.3 Å². The van der Waals surface area contributed by atoms with Crippen LogP contribution in [0.3, 0.4) is 0 Å². The third-order valence-corrected chi connectivity index (χ3v) is 10.5. The number of aryl methyl sites for hydroxylation is 8. The smallest absolute Gasteiger partial charge is 0.0728 e. The predicted octanol–water partition coefficient (Wildman–Crippen LogP) is 9.68. The zero-order valence-corrected chi connectivity index (χ0v) is 32.3. The summed E-state index contributed by atoms with van der Waals surface area (Å²) in [5, 5.41) is 3.14. The Morgan fingerprint density at radius 3 is 1.27 bits per heavy atom. The van der Waals surface area contributed by atoms with E-state index in [0.29, 0.717) is 19.8 Å². The van der Waals surface area contributed by atoms with Crippen molar-refractivity contribution in [1.82, 2.24) is 5.32 Å². The van der Waals surface area contributed by atoms with Crippen molar-refractivity contribution in [3.8, 4) is 0 Å². The molecule has 0 amide bonds. The minimum atomic E-state index is 0.669. The summed E-state index contributed by atoms with van der Waals surface area (Å²) in [6, 6.07) is 8.87. The van der Waals surface area contributed by atoms with E-state index in [0.717, 1.165) is 26.2 Å². The molecule has 1 N–H and O–H groups in total. The average molecular weight is 682 g/mol. The van der Waals surface area contributed by atoms with Crippen molar-refractivity contribution >= 4 is 45.3 Å². The molecule has 9 heteroatoms. The minimum Gasteiger partial charge on any atom is -0.384 e. The molecule has 0 aliphatic rings. The maximum absolute atomic E-state index is 5.44. The van der Waals surface area contributed by atoms with E-state index in [1.807, 2.05) is 52.4 Å². The van der Waals surface area contributed by atoms with Crippen LogP contribution in [0.4, 0.5) is 0 Å². The van der Waals surface area contributed by atoms with Gasteiger partial charge in [-0.25, -0.2) is 0 Å². The number of ether oxygens (including phenoxy) is 4. The molecule has 0 unspecified atom stereocenters. The van der Waals surface area contributed by atoms with Crippen LogP contribution in [0.1, 0.15) is 61.3 Å². The van der Waals surface area contributed by atoms with Crippen molar-refractivity contribution in [3.63, 3.8) is 0 Å². The molecule has 0 saturated heterocycles. The van der Waals surface area contributed by atoms with E-state index in [1.165, 1.54) is 61.3 Å². The van der Waals surface area contributed by atoms with Gasteiger partial charge in [-0.2, -0.15) is 0 Å². The topological polar surface area (TPSA) is 49.0 Å². The van der Waals surface area contributed by atoms with Crippen LogP contribution in [0.5, 0.6) is 0 Å². The van der Waals surface area contributed by atoms with E-state index in [4.69, 9.17) is 18.9 Å². The van der Waals surface area contributed by atoms with E-state index < -0.39 is 0 Å². The largest absolute Gasteiger partial charge is 0.384 e. The van der Waals surface area contributed by atoms with Gasteiger partial charge in [0.2, 0.25) is 0 Å². The molecule has 0 aliphatic heterocycles. The van der Waals surface area contributed by atoms with Gasteiger partial charge in [0, 0.05) is 66.9 Å². The van der Waals surface area contributed by atoms with Gasteiger partial charge in [-0.1, -0.05) is 0 Å². The maximum atomic E-state index is 5.44. The number of hydrogen-bond acceptors (Lipinski definition) is 9. The van der Waals surface area contributed by atoms with E-state index in [2.05, 4.69) is 85.0 Å². The second-order valence-corrected chi connectivity index (χ2v) is 16.3. The molecular weight excluding hydrogens is 627 g/mol. The molecule has 0 aromatic carbocycles. The molecule has 0 atom stereocenters. The molecule has 0 saturated carbocycles. The second-order valence-electron chi connectivity index (χ2n) is 10.5. The first kappa shape index (κ1) is 40.6. The van der Waals surface area contributed by atoms with Gasteiger partial charge in [0.25, 0.3) is 0 Å². The first-order valence-electron chi connectivity index (χ1n) is 14.9. The SMILES string of the molecule is CNCc1cc(C)sc1C.COCCOCc1cc(C)sc1C.COCCc1cc(C)sc1C.COCc1cc(C)sc1C. The van der Waals surface area contributed by atoms with Crippen LogP contribution in [0, 0.1) is 55.4 Å². The summed E-state index contributed by atoms with van der Waals surface area (Å²) in [5.74, 6) is 0. The van der Waals surface area contributed by atoms with Crippen molar-refractivity contribution < 1.29 is 18.9 Å². The highest BCUT2D eigenvalue weighted by Crippen LogP contribution is 2.23. The van der Waals surface area contributed by atoms with E-state index in [9.17, 15) is 0 Å². The van der Waals surface area contributed by atoms with Crippen LogP contribution < -0.4 is 5.32 Å². The molecule has 248 valence electrons. The van der Waals surface area contributed by atoms with Crippen LogP contribution in [-0.2, 0) is 45.1 Å². The molecule has 4 rings (SSSR count). The van der Waals surface area contributed by atoms with Gasteiger partial charge in [-0.15, -0.1) is 45.3 Å². The van der Waals surface area contributed by atoms with E-state index >= 15 is 0 Å². The lowest BCUT2D eigenvalue weighted by Crippen LogP contribution is -2.04. The highest BCUT2D eigenvalue weighted by molar-refractivity contribution is 7.12. The Morgan fingerprint density at radius 2 is 0.909 bits per heavy atom. The Bertz CT molecular complexity index is 1270. The average Bonchev–Trinajstić information content (AvgIpc) is 3.67. The highest BCUT2D eigenvalue weighted by atomic mass is 32.1. The zero-order chi connectivity index (χ0) is 33.1. The zero-order valence-electron chi connectivity index (χ0n) is 29.0. The first-order chi connectivity index (χ1) is 20.9. The van der Waals surface area contributed by atoms with Gasteiger partial charge in [-0.05, 0) is 115 Å². The summed E-state index contributed by atoms with van der Waals surface area (Å²) < 4.78 is 20.4. The van der Waals surface area contributed by atoms with Crippen molar-refractivity contribution in [2.24, 2.45) is 0 Å². The molecular formula is C35H55NO4S4. The van der Waals surface area contributed by atoms with Gasteiger partial charge in [0.15, 0.2) is 0 Å². The van der Waals surface area contributed by atoms with Gasteiger partial charge >= 0.3 is 0 Å². The number of thiophene rings is 4. The summed E-state index contributed by atoms with van der Waals surface area (Å²) in [5.41, 5.74) is 5.50. The molecule has 0 bridgehead atoms. The lowest BCUT2D eigenvalue weighted by atomic mass is 10.2. The molecule has 44 heavy (non-hydrogen) atoms. The minimum absolute atomic E-state index is 0.669. The molecule has 0 spiro atoms. The first-order valence-corrected chi connectivity index (χ1v) is 18.1. The Labute approximate surface area is 283 Å². The standard InChI is InChI=1S/C10H16O2S.C9H14OS.C8H13NS.C8H12OS/c1-8-6-10(9(2)13-8)7-12-5-4-11-3;1-7-6-9(4-5-10-3)8(2)11-7;2*1-6-4-8(5-9-3)7(2)10-6/h6H,4-5,7H2,1-3H3;6H,4-5H2,1-3H3;4,9H,5H2,1-3H3;4H,5H2,1-3H3. The van der Waals surface area contributed by atoms with Gasteiger partial charge in [-0.3, -0.25) is 0 Å². The second kappa shape index (κ2) is 23.0. The lowest BCUT2D eigenvalue weighted by Gasteiger charge is -2.02. The highest BCUT2D eigenvalue weighted by Gasteiger charge is 2.03. The third kappa shape index (κ3) is 16.2.